The second-order valence-electron chi connectivity index (χ2n) is 7.12. The third kappa shape index (κ3) is 5.76. The molecule has 0 aromatic heterocycles. The van der Waals surface area contributed by atoms with Crippen LogP contribution in [0.2, 0.25) is 0 Å². The van der Waals surface area contributed by atoms with E-state index in [0.717, 1.165) is 11.8 Å². The van der Waals surface area contributed by atoms with Gasteiger partial charge in [-0.3, -0.25) is 9.59 Å². The topological polar surface area (TPSA) is 106 Å². The number of rotatable bonds is 7. The van der Waals surface area contributed by atoms with Crippen molar-refractivity contribution in [3.8, 4) is 0 Å². The Hall–Kier alpha value is -3.52. The molecule has 0 saturated carbocycles. The first kappa shape index (κ1) is 22.2. The van der Waals surface area contributed by atoms with Crippen LogP contribution in [0.4, 0.5) is 10.1 Å². The van der Waals surface area contributed by atoms with Gasteiger partial charge in [-0.2, -0.15) is 0 Å². The standard InChI is InChI=1S/C23H21FN2O4S/c1-31(29,30)20-10-2-15(3-11-20)14-26-23(28)17-6-4-16(5-7-17)22(27)12-18-8-9-19(24)13-21(18)25/h2-11,13H,12,14,25H2,1H3,(H,26,28). The van der Waals surface area contributed by atoms with Gasteiger partial charge in [0, 0.05) is 36.0 Å². The zero-order valence-corrected chi connectivity index (χ0v) is 17.6. The highest BCUT2D eigenvalue weighted by Crippen LogP contribution is 2.17. The van der Waals surface area contributed by atoms with Gasteiger partial charge in [-0.25, -0.2) is 12.8 Å². The summed E-state index contributed by atoms with van der Waals surface area (Å²) in [5.74, 6) is -0.986. The van der Waals surface area contributed by atoms with Crippen molar-refractivity contribution in [1.82, 2.24) is 5.32 Å². The van der Waals surface area contributed by atoms with Crippen LogP contribution >= 0.6 is 0 Å². The lowest BCUT2D eigenvalue weighted by molar-refractivity contribution is 0.0948. The van der Waals surface area contributed by atoms with Gasteiger partial charge in [0.1, 0.15) is 5.82 Å². The number of nitrogens with one attached hydrogen (secondary N) is 1. The molecule has 0 aliphatic heterocycles. The van der Waals surface area contributed by atoms with Gasteiger partial charge in [0.15, 0.2) is 15.6 Å². The van der Waals surface area contributed by atoms with E-state index in [1.54, 1.807) is 36.4 Å². The Morgan fingerprint density at radius 3 is 2.13 bits per heavy atom. The van der Waals surface area contributed by atoms with Gasteiger partial charge < -0.3 is 11.1 Å². The van der Waals surface area contributed by atoms with Crippen LogP contribution < -0.4 is 11.1 Å². The average molecular weight is 440 g/mol. The number of sulfone groups is 1. The van der Waals surface area contributed by atoms with E-state index in [-0.39, 0.29) is 35.2 Å². The van der Waals surface area contributed by atoms with Crippen molar-refractivity contribution < 1.29 is 22.4 Å². The van der Waals surface area contributed by atoms with Crippen molar-refractivity contribution in [1.29, 1.82) is 0 Å². The number of hydrogen-bond donors (Lipinski definition) is 2. The van der Waals surface area contributed by atoms with Crippen LogP contribution in [0, 0.1) is 5.82 Å². The Kier molecular flexibility index (Phi) is 6.50. The number of nitrogen functional groups attached to an aromatic ring is 1. The smallest absolute Gasteiger partial charge is 0.251 e. The molecule has 6 nitrogen and oxygen atoms in total. The van der Waals surface area contributed by atoms with Gasteiger partial charge in [-0.15, -0.1) is 0 Å². The second-order valence-corrected chi connectivity index (χ2v) is 9.13. The van der Waals surface area contributed by atoms with Crippen molar-refractivity contribution in [2.24, 2.45) is 0 Å². The van der Waals surface area contributed by atoms with Crippen LogP contribution in [0.3, 0.4) is 0 Å². The molecule has 3 aromatic rings. The average Bonchev–Trinajstić information content (AvgIpc) is 2.73. The highest BCUT2D eigenvalue weighted by molar-refractivity contribution is 7.90. The lowest BCUT2D eigenvalue weighted by Crippen LogP contribution is -2.22. The van der Waals surface area contributed by atoms with Crippen molar-refractivity contribution in [2.75, 3.05) is 12.0 Å². The molecule has 3 N–H and O–H groups in total. The molecule has 0 atom stereocenters. The molecular weight excluding hydrogens is 419 g/mol. The Labute approximate surface area is 179 Å². The monoisotopic (exact) mass is 440 g/mol. The Bertz CT molecular complexity index is 1220. The van der Waals surface area contributed by atoms with E-state index >= 15 is 0 Å². The first-order valence-corrected chi connectivity index (χ1v) is 11.3. The van der Waals surface area contributed by atoms with Crippen LogP contribution in [0.25, 0.3) is 0 Å². The molecule has 0 unspecified atom stereocenters. The summed E-state index contributed by atoms with van der Waals surface area (Å²) in [5.41, 5.74) is 8.05. The first-order chi connectivity index (χ1) is 14.6. The molecule has 8 heteroatoms. The summed E-state index contributed by atoms with van der Waals surface area (Å²) in [7, 11) is -3.27. The van der Waals surface area contributed by atoms with E-state index in [1.165, 1.54) is 30.3 Å². The summed E-state index contributed by atoms with van der Waals surface area (Å²) >= 11 is 0. The molecule has 1 amide bonds. The Balaban J connectivity index is 1.60. The van der Waals surface area contributed by atoms with E-state index in [9.17, 15) is 22.4 Å². The molecule has 31 heavy (non-hydrogen) atoms. The number of Topliss-reactive ketones (excluding diaryl/α,β-unsaturated/α-hetero) is 1. The quantitative estimate of drug-likeness (QED) is 0.434. The molecule has 0 bridgehead atoms. The number of amides is 1. The number of nitrogens with two attached hydrogens (primary N) is 1. The van der Waals surface area contributed by atoms with Crippen LogP contribution in [0.5, 0.6) is 0 Å². The van der Waals surface area contributed by atoms with Gasteiger partial charge in [-0.05, 0) is 47.5 Å². The number of ketones is 1. The van der Waals surface area contributed by atoms with E-state index in [1.807, 2.05) is 0 Å². The molecule has 0 spiro atoms. The number of carbonyl (C=O) groups is 2. The summed E-state index contributed by atoms with van der Waals surface area (Å²) in [6, 6.07) is 16.4. The molecule has 0 saturated heterocycles. The van der Waals surface area contributed by atoms with Crippen molar-refractivity contribution in [3.63, 3.8) is 0 Å². The zero-order valence-electron chi connectivity index (χ0n) is 16.8. The Morgan fingerprint density at radius 1 is 0.935 bits per heavy atom. The minimum Gasteiger partial charge on any atom is -0.398 e. The molecule has 3 aromatic carbocycles. The Morgan fingerprint density at radius 2 is 1.55 bits per heavy atom. The molecule has 0 aliphatic carbocycles. The molecule has 3 rings (SSSR count). The molecule has 0 radical (unpaired) electrons. The third-order valence-electron chi connectivity index (χ3n) is 4.73. The summed E-state index contributed by atoms with van der Waals surface area (Å²) in [6.07, 6.45) is 1.16. The fourth-order valence-electron chi connectivity index (χ4n) is 2.95. The minimum atomic E-state index is -3.27. The van der Waals surface area contributed by atoms with Gasteiger partial charge in [-0.1, -0.05) is 30.3 Å². The van der Waals surface area contributed by atoms with Crippen molar-refractivity contribution in [3.05, 3.63) is 94.8 Å². The SMILES string of the molecule is CS(=O)(=O)c1ccc(CNC(=O)c2ccc(C(=O)Cc3ccc(F)cc3N)cc2)cc1. The number of benzene rings is 3. The number of anilines is 1. The van der Waals surface area contributed by atoms with Crippen LogP contribution in [-0.4, -0.2) is 26.4 Å². The first-order valence-electron chi connectivity index (χ1n) is 9.38. The van der Waals surface area contributed by atoms with Crippen molar-refractivity contribution >= 4 is 27.2 Å². The zero-order chi connectivity index (χ0) is 22.6. The summed E-state index contributed by atoms with van der Waals surface area (Å²) < 4.78 is 36.1. The summed E-state index contributed by atoms with van der Waals surface area (Å²) in [6.45, 7) is 0.230. The van der Waals surface area contributed by atoms with E-state index in [0.29, 0.717) is 16.7 Å². The number of halogens is 1. The van der Waals surface area contributed by atoms with Gasteiger partial charge in [0.2, 0.25) is 0 Å². The maximum absolute atomic E-state index is 13.1. The lowest BCUT2D eigenvalue weighted by atomic mass is 10.0. The van der Waals surface area contributed by atoms with Gasteiger partial charge >= 0.3 is 0 Å². The molecule has 0 fully saturated rings. The second kappa shape index (κ2) is 9.09. The highest BCUT2D eigenvalue weighted by atomic mass is 32.2. The maximum Gasteiger partial charge on any atom is 0.251 e. The van der Waals surface area contributed by atoms with Crippen LogP contribution in [-0.2, 0) is 22.8 Å². The van der Waals surface area contributed by atoms with Crippen LogP contribution in [0.1, 0.15) is 31.8 Å². The lowest BCUT2D eigenvalue weighted by Gasteiger charge is -2.08. The van der Waals surface area contributed by atoms with E-state index < -0.39 is 15.7 Å². The fraction of sp³-hybridized carbons (Fsp3) is 0.130. The van der Waals surface area contributed by atoms with Gasteiger partial charge in [0.25, 0.3) is 5.91 Å². The number of hydrogen-bond acceptors (Lipinski definition) is 5. The normalized spacial score (nSPS) is 11.2. The fourth-order valence-corrected chi connectivity index (χ4v) is 3.58. The van der Waals surface area contributed by atoms with Crippen molar-refractivity contribution in [2.45, 2.75) is 17.9 Å². The summed E-state index contributed by atoms with van der Waals surface area (Å²) in [5, 5.41) is 2.75. The molecular formula is C23H21FN2O4S. The van der Waals surface area contributed by atoms with Gasteiger partial charge in [0.05, 0.1) is 4.90 Å². The third-order valence-corrected chi connectivity index (χ3v) is 5.86. The predicted molar refractivity (Wildman–Crippen MR) is 116 cm³/mol. The van der Waals surface area contributed by atoms with Crippen LogP contribution in [0.15, 0.2) is 71.6 Å². The largest absolute Gasteiger partial charge is 0.398 e. The highest BCUT2D eigenvalue weighted by Gasteiger charge is 2.12. The van der Waals surface area contributed by atoms with E-state index in [4.69, 9.17) is 5.73 Å². The summed E-state index contributed by atoms with van der Waals surface area (Å²) in [4.78, 5) is 25.0. The number of carbonyl (C=O) groups excluding carboxylic acids is 2. The maximum atomic E-state index is 13.1. The molecule has 0 aliphatic rings. The predicted octanol–water partition coefficient (Wildman–Crippen LogP) is 3.17. The molecule has 160 valence electrons. The molecule has 0 heterocycles. The van der Waals surface area contributed by atoms with E-state index in [2.05, 4.69) is 5.32 Å². The minimum absolute atomic E-state index is 0.0289.